The third-order valence-corrected chi connectivity index (χ3v) is 4.33. The second-order valence-electron chi connectivity index (χ2n) is 6.14. The van der Waals surface area contributed by atoms with Gasteiger partial charge in [-0.3, -0.25) is 9.59 Å². The van der Waals surface area contributed by atoms with Gasteiger partial charge in [0, 0.05) is 38.3 Å². The number of alkyl halides is 3. The van der Waals surface area contributed by atoms with Gasteiger partial charge in [0.15, 0.2) is 0 Å². The Hall–Kier alpha value is -2.58. The average molecular weight is 354 g/mol. The number of H-pyrrole nitrogens is 1. The summed E-state index contributed by atoms with van der Waals surface area (Å²) in [5, 5.41) is 0. The molecule has 3 heterocycles. The number of rotatable bonds is 2. The smallest absolute Gasteiger partial charge is 0.338 e. The summed E-state index contributed by atoms with van der Waals surface area (Å²) in [6.45, 7) is 0.803. The number of hydrogen-bond acceptors (Lipinski definition) is 3. The molecule has 0 aliphatic carbocycles. The Bertz CT molecular complexity index is 840. The van der Waals surface area contributed by atoms with Crippen molar-refractivity contribution in [1.29, 1.82) is 0 Å². The van der Waals surface area contributed by atoms with Gasteiger partial charge in [-0.2, -0.15) is 13.2 Å². The van der Waals surface area contributed by atoms with Gasteiger partial charge < -0.3 is 14.5 Å². The van der Waals surface area contributed by atoms with Crippen molar-refractivity contribution in [3.05, 3.63) is 52.0 Å². The molecule has 134 valence electrons. The third kappa shape index (κ3) is 3.59. The lowest BCUT2D eigenvalue weighted by Crippen LogP contribution is -2.39. The first-order chi connectivity index (χ1) is 11.8. The molecule has 1 atom stereocenters. The quantitative estimate of drug-likeness (QED) is 0.898. The molecular formula is C16H17F3N4O2. The van der Waals surface area contributed by atoms with Gasteiger partial charge in [0.1, 0.15) is 11.5 Å². The number of nitrogens with zero attached hydrogens (tertiary/aromatic N) is 3. The van der Waals surface area contributed by atoms with E-state index >= 15 is 0 Å². The summed E-state index contributed by atoms with van der Waals surface area (Å²) in [5.74, 6) is -0.283. The second kappa shape index (κ2) is 6.38. The summed E-state index contributed by atoms with van der Waals surface area (Å²) < 4.78 is 39.4. The monoisotopic (exact) mass is 354 g/mol. The van der Waals surface area contributed by atoms with Crippen molar-refractivity contribution in [2.75, 3.05) is 13.1 Å². The number of imidazole rings is 1. The number of halogens is 3. The van der Waals surface area contributed by atoms with E-state index < -0.39 is 11.9 Å². The summed E-state index contributed by atoms with van der Waals surface area (Å²) in [6.07, 6.45) is -0.900. The number of aromatic nitrogens is 3. The van der Waals surface area contributed by atoms with Crippen LogP contribution in [0.25, 0.3) is 0 Å². The Kier molecular flexibility index (Phi) is 4.40. The molecule has 6 nitrogen and oxygen atoms in total. The van der Waals surface area contributed by atoms with E-state index in [-0.39, 0.29) is 29.8 Å². The fraction of sp³-hybridized carbons (Fsp3) is 0.438. The van der Waals surface area contributed by atoms with E-state index in [4.69, 9.17) is 0 Å². The maximum absolute atomic E-state index is 12.7. The van der Waals surface area contributed by atoms with Crippen molar-refractivity contribution in [1.82, 2.24) is 19.4 Å². The lowest BCUT2D eigenvalue weighted by Gasteiger charge is -2.32. The molecule has 0 bridgehead atoms. The summed E-state index contributed by atoms with van der Waals surface area (Å²) >= 11 is 0. The van der Waals surface area contributed by atoms with Gasteiger partial charge in [0.05, 0.1) is 11.8 Å². The third-order valence-electron chi connectivity index (χ3n) is 4.33. The molecule has 0 spiro atoms. The van der Waals surface area contributed by atoms with Gasteiger partial charge >= 0.3 is 6.18 Å². The molecule has 1 saturated heterocycles. The fourth-order valence-electron chi connectivity index (χ4n) is 2.98. The number of pyridine rings is 1. The van der Waals surface area contributed by atoms with Crippen LogP contribution in [0.3, 0.4) is 0 Å². The highest BCUT2D eigenvalue weighted by atomic mass is 19.4. The van der Waals surface area contributed by atoms with E-state index in [0.29, 0.717) is 24.9 Å². The predicted octanol–water partition coefficient (Wildman–Crippen LogP) is 2.15. The lowest BCUT2D eigenvalue weighted by molar-refractivity contribution is -0.141. The number of nitrogens with one attached hydrogen (secondary N) is 1. The van der Waals surface area contributed by atoms with Crippen LogP contribution in [0.2, 0.25) is 0 Å². The summed E-state index contributed by atoms with van der Waals surface area (Å²) in [7, 11) is 1.56. The first-order valence-electron chi connectivity index (χ1n) is 7.84. The van der Waals surface area contributed by atoms with Crippen molar-refractivity contribution < 1.29 is 18.0 Å². The number of hydrogen-bond donors (Lipinski definition) is 1. The normalized spacial score (nSPS) is 18.4. The van der Waals surface area contributed by atoms with Gasteiger partial charge in [-0.15, -0.1) is 0 Å². The van der Waals surface area contributed by atoms with Crippen LogP contribution in [0.15, 0.2) is 29.3 Å². The van der Waals surface area contributed by atoms with Crippen molar-refractivity contribution in [2.24, 2.45) is 7.05 Å². The van der Waals surface area contributed by atoms with Crippen molar-refractivity contribution in [3.8, 4) is 0 Å². The minimum absolute atomic E-state index is 0.219. The zero-order valence-electron chi connectivity index (χ0n) is 13.5. The zero-order chi connectivity index (χ0) is 18.2. The van der Waals surface area contributed by atoms with Gasteiger partial charge in [0.25, 0.3) is 5.91 Å². The summed E-state index contributed by atoms with van der Waals surface area (Å²) in [4.78, 5) is 31.8. The molecule has 0 aromatic carbocycles. The minimum atomic E-state index is -4.47. The molecule has 2 aromatic heterocycles. The van der Waals surface area contributed by atoms with Crippen LogP contribution < -0.4 is 5.56 Å². The highest BCUT2D eigenvalue weighted by molar-refractivity contribution is 5.94. The molecule has 0 saturated carbocycles. The maximum Gasteiger partial charge on any atom is 0.432 e. The van der Waals surface area contributed by atoms with Crippen molar-refractivity contribution in [2.45, 2.75) is 24.9 Å². The van der Waals surface area contributed by atoms with Gasteiger partial charge in [0.2, 0.25) is 5.56 Å². The van der Waals surface area contributed by atoms with Crippen molar-refractivity contribution in [3.63, 3.8) is 0 Å². The maximum atomic E-state index is 12.7. The molecule has 0 unspecified atom stereocenters. The Balaban J connectivity index is 1.76. The SMILES string of the molecule is Cn1cc(C(=O)N2CCC[C@@H](c3ncc(C(F)(F)F)[nH]3)C2)ccc1=O. The standard InChI is InChI=1S/C16H17F3N4O2/c1-22-8-11(4-5-13(22)24)15(25)23-6-2-3-10(9-23)14-20-7-12(21-14)16(17,18)19/h4-5,7-8,10H,2-3,6,9H2,1H3,(H,20,21)/t10-/m1/s1. The van der Waals surface area contributed by atoms with Crippen LogP contribution in [0.4, 0.5) is 13.2 Å². The molecule has 25 heavy (non-hydrogen) atoms. The molecule has 1 fully saturated rings. The summed E-state index contributed by atoms with van der Waals surface area (Å²) in [5.41, 5.74) is -0.731. The fourth-order valence-corrected chi connectivity index (χ4v) is 2.98. The minimum Gasteiger partial charge on any atom is -0.338 e. The Morgan fingerprint density at radius 3 is 2.76 bits per heavy atom. The number of amides is 1. The highest BCUT2D eigenvalue weighted by Crippen LogP contribution is 2.31. The summed E-state index contributed by atoms with van der Waals surface area (Å²) in [6, 6.07) is 2.78. The van der Waals surface area contributed by atoms with E-state index in [1.807, 2.05) is 0 Å². The molecule has 1 aliphatic heterocycles. The predicted molar refractivity (Wildman–Crippen MR) is 83.2 cm³/mol. The van der Waals surface area contributed by atoms with Gasteiger partial charge in [-0.25, -0.2) is 4.98 Å². The van der Waals surface area contributed by atoms with E-state index in [2.05, 4.69) is 9.97 Å². The lowest BCUT2D eigenvalue weighted by atomic mass is 9.97. The topological polar surface area (TPSA) is 71.0 Å². The molecule has 0 radical (unpaired) electrons. The highest BCUT2D eigenvalue weighted by Gasteiger charge is 2.35. The van der Waals surface area contributed by atoms with E-state index in [1.165, 1.54) is 22.9 Å². The number of aryl methyl sites for hydroxylation is 1. The van der Waals surface area contributed by atoms with Crippen LogP contribution >= 0.6 is 0 Å². The molecule has 1 amide bonds. The number of carbonyl (C=O) groups is 1. The number of carbonyl (C=O) groups excluding carboxylic acids is 1. The largest absolute Gasteiger partial charge is 0.432 e. The molecule has 1 N–H and O–H groups in total. The Labute approximate surface area is 141 Å². The van der Waals surface area contributed by atoms with Crippen LogP contribution in [0, 0.1) is 0 Å². The zero-order valence-corrected chi connectivity index (χ0v) is 13.5. The number of likely N-dealkylation sites (tertiary alicyclic amines) is 1. The van der Waals surface area contributed by atoms with Crippen molar-refractivity contribution >= 4 is 5.91 Å². The van der Waals surface area contributed by atoms with Gasteiger partial charge in [-0.05, 0) is 18.9 Å². The number of piperidine rings is 1. The first kappa shape index (κ1) is 17.2. The molecule has 2 aromatic rings. The Morgan fingerprint density at radius 2 is 2.12 bits per heavy atom. The van der Waals surface area contributed by atoms with Crippen LogP contribution in [0.1, 0.15) is 40.6 Å². The van der Waals surface area contributed by atoms with E-state index in [1.54, 1.807) is 11.9 Å². The Morgan fingerprint density at radius 1 is 1.36 bits per heavy atom. The first-order valence-corrected chi connectivity index (χ1v) is 7.84. The molecule has 1 aliphatic rings. The van der Waals surface area contributed by atoms with Crippen LogP contribution in [-0.2, 0) is 13.2 Å². The van der Waals surface area contributed by atoms with Crippen LogP contribution in [0.5, 0.6) is 0 Å². The molecular weight excluding hydrogens is 337 g/mol. The van der Waals surface area contributed by atoms with Gasteiger partial charge in [-0.1, -0.05) is 0 Å². The van der Waals surface area contributed by atoms with E-state index in [9.17, 15) is 22.8 Å². The van der Waals surface area contributed by atoms with Crippen LogP contribution in [-0.4, -0.2) is 38.4 Å². The van der Waals surface area contributed by atoms with E-state index in [0.717, 1.165) is 6.20 Å². The second-order valence-corrected chi connectivity index (χ2v) is 6.14. The number of aromatic amines is 1. The average Bonchev–Trinajstić information content (AvgIpc) is 3.07. The molecule has 9 heteroatoms. The molecule has 3 rings (SSSR count).